The number of aromatic nitrogens is 1. The van der Waals surface area contributed by atoms with Crippen LogP contribution in [0.3, 0.4) is 0 Å². The van der Waals surface area contributed by atoms with Gasteiger partial charge in [-0.3, -0.25) is 0 Å². The first-order valence-corrected chi connectivity index (χ1v) is 9.70. The second kappa shape index (κ2) is 7.34. The van der Waals surface area contributed by atoms with E-state index >= 15 is 0 Å². The number of ether oxygens (including phenoxy) is 2. The Balaban J connectivity index is 1.39. The highest BCUT2D eigenvalue weighted by Crippen LogP contribution is 2.46. The largest absolute Gasteiger partial charge is 0.493 e. The third-order valence-electron chi connectivity index (χ3n) is 5.30. The highest BCUT2D eigenvalue weighted by molar-refractivity contribution is 7.09. The molecule has 0 amide bonds. The molecular formula is C19H21NO5S. The minimum Gasteiger partial charge on any atom is -0.493 e. The van der Waals surface area contributed by atoms with E-state index in [2.05, 4.69) is 4.98 Å². The molecule has 1 saturated heterocycles. The van der Waals surface area contributed by atoms with Crippen molar-refractivity contribution in [3.63, 3.8) is 0 Å². The number of hydrogen-bond donors (Lipinski definition) is 2. The van der Waals surface area contributed by atoms with Crippen molar-refractivity contribution in [2.45, 2.75) is 37.6 Å². The van der Waals surface area contributed by atoms with E-state index in [1.165, 1.54) is 11.3 Å². The van der Waals surface area contributed by atoms with Crippen LogP contribution in [0.4, 0.5) is 0 Å². The minimum atomic E-state index is -1.02. The average Bonchev–Trinajstić information content (AvgIpc) is 3.25. The quantitative estimate of drug-likeness (QED) is 0.835. The number of aliphatic hydroxyl groups excluding tert-OH is 1. The number of nitrogens with zero attached hydrogens (tertiary/aromatic N) is 1. The van der Waals surface area contributed by atoms with Crippen molar-refractivity contribution >= 4 is 17.3 Å². The van der Waals surface area contributed by atoms with Crippen molar-refractivity contribution in [1.29, 1.82) is 0 Å². The molecule has 0 radical (unpaired) electrons. The molecule has 1 aliphatic heterocycles. The van der Waals surface area contributed by atoms with Gasteiger partial charge in [0.05, 0.1) is 18.8 Å². The maximum atomic E-state index is 11.0. The van der Waals surface area contributed by atoms with Crippen molar-refractivity contribution in [3.8, 4) is 5.75 Å². The molecular weight excluding hydrogens is 354 g/mol. The van der Waals surface area contributed by atoms with Gasteiger partial charge < -0.3 is 19.7 Å². The number of benzene rings is 1. The fourth-order valence-electron chi connectivity index (χ4n) is 3.99. The Morgan fingerprint density at radius 3 is 2.85 bits per heavy atom. The Bertz CT molecular complexity index is 764. The van der Waals surface area contributed by atoms with E-state index < -0.39 is 12.1 Å². The molecule has 5 unspecified atom stereocenters. The summed E-state index contributed by atoms with van der Waals surface area (Å²) in [7, 11) is 0. The van der Waals surface area contributed by atoms with E-state index in [-0.39, 0.29) is 29.7 Å². The second-order valence-electron chi connectivity index (χ2n) is 6.87. The molecule has 6 nitrogen and oxygen atoms in total. The van der Waals surface area contributed by atoms with Crippen LogP contribution in [-0.4, -0.2) is 40.0 Å². The van der Waals surface area contributed by atoms with E-state index in [9.17, 15) is 9.90 Å². The van der Waals surface area contributed by atoms with Gasteiger partial charge in [0, 0.05) is 17.7 Å². The van der Waals surface area contributed by atoms with Crippen LogP contribution in [0.15, 0.2) is 35.7 Å². The van der Waals surface area contributed by atoms with Crippen LogP contribution in [0, 0.1) is 11.8 Å². The molecule has 0 spiro atoms. The van der Waals surface area contributed by atoms with Crippen LogP contribution in [0.5, 0.6) is 5.75 Å². The van der Waals surface area contributed by atoms with Gasteiger partial charge in [0.25, 0.3) is 0 Å². The Hall–Kier alpha value is -1.96. The smallest absolute Gasteiger partial charge is 0.355 e. The van der Waals surface area contributed by atoms with Crippen molar-refractivity contribution in [1.82, 2.24) is 4.98 Å². The molecule has 2 N–H and O–H groups in total. The zero-order chi connectivity index (χ0) is 18.1. The number of carboxylic acid groups (broad SMARTS) is 1. The summed E-state index contributed by atoms with van der Waals surface area (Å²) in [6.45, 7) is 0.473. The first-order valence-electron chi connectivity index (χ1n) is 8.82. The fraction of sp³-hybridized carbons (Fsp3) is 0.474. The number of carboxylic acids is 1. The lowest BCUT2D eigenvalue weighted by Gasteiger charge is -2.33. The van der Waals surface area contributed by atoms with Crippen LogP contribution >= 0.6 is 11.3 Å². The van der Waals surface area contributed by atoms with E-state index in [0.29, 0.717) is 18.0 Å². The highest BCUT2D eigenvalue weighted by atomic mass is 32.1. The number of aliphatic hydroxyl groups is 1. The molecule has 2 fully saturated rings. The number of para-hydroxylation sites is 1. The third kappa shape index (κ3) is 3.47. The van der Waals surface area contributed by atoms with Gasteiger partial charge in [-0.2, -0.15) is 0 Å². The molecule has 26 heavy (non-hydrogen) atoms. The van der Waals surface area contributed by atoms with Crippen molar-refractivity contribution in [2.75, 3.05) is 6.61 Å². The zero-order valence-electron chi connectivity index (χ0n) is 14.2. The molecule has 0 bridgehead atoms. The summed E-state index contributed by atoms with van der Waals surface area (Å²) in [5, 5.41) is 21.8. The Kier molecular flexibility index (Phi) is 4.93. The predicted molar refractivity (Wildman–Crippen MR) is 95.5 cm³/mol. The van der Waals surface area contributed by atoms with Crippen LogP contribution in [-0.2, 0) is 4.74 Å². The number of hydrogen-bond acceptors (Lipinski definition) is 6. The summed E-state index contributed by atoms with van der Waals surface area (Å²) >= 11 is 1.32. The topological polar surface area (TPSA) is 88.9 Å². The molecule has 1 aromatic carbocycles. The van der Waals surface area contributed by atoms with Gasteiger partial charge in [-0.15, -0.1) is 11.3 Å². The van der Waals surface area contributed by atoms with Crippen molar-refractivity contribution in [2.24, 2.45) is 11.8 Å². The number of thiazole rings is 1. The SMILES string of the molecule is O=C(O)c1csc(C2CCC3C(CC(O)C3COc3ccccc3)O2)n1. The molecule has 1 saturated carbocycles. The summed E-state index contributed by atoms with van der Waals surface area (Å²) in [6, 6.07) is 9.62. The summed E-state index contributed by atoms with van der Waals surface area (Å²) < 4.78 is 12.0. The first kappa shape index (κ1) is 17.5. The summed E-state index contributed by atoms with van der Waals surface area (Å²) in [4.78, 5) is 15.2. The van der Waals surface area contributed by atoms with Gasteiger partial charge in [0.1, 0.15) is 16.9 Å². The third-order valence-corrected chi connectivity index (χ3v) is 6.24. The summed E-state index contributed by atoms with van der Waals surface area (Å²) in [5.41, 5.74) is 0.0660. The molecule has 7 heteroatoms. The lowest BCUT2D eigenvalue weighted by molar-refractivity contribution is -0.0811. The maximum Gasteiger partial charge on any atom is 0.355 e. The van der Waals surface area contributed by atoms with Crippen molar-refractivity contribution in [3.05, 3.63) is 46.4 Å². The molecule has 138 valence electrons. The summed E-state index contributed by atoms with van der Waals surface area (Å²) in [6.07, 6.45) is 1.61. The van der Waals surface area contributed by atoms with E-state index in [1.54, 1.807) is 5.38 Å². The number of fused-ring (bicyclic) bond motifs is 1. The number of aromatic carboxylic acids is 1. The van der Waals surface area contributed by atoms with Crippen LogP contribution in [0.1, 0.15) is 40.9 Å². The highest BCUT2D eigenvalue weighted by Gasteiger charge is 2.47. The van der Waals surface area contributed by atoms with Crippen molar-refractivity contribution < 1.29 is 24.5 Å². The first-order chi connectivity index (χ1) is 12.6. The van der Waals surface area contributed by atoms with Crippen LogP contribution in [0.2, 0.25) is 0 Å². The molecule has 1 aromatic heterocycles. The lowest BCUT2D eigenvalue weighted by atomic mass is 9.87. The summed E-state index contributed by atoms with van der Waals surface area (Å²) in [5.74, 6) is 0.0910. The van der Waals surface area contributed by atoms with E-state index in [0.717, 1.165) is 18.6 Å². The van der Waals surface area contributed by atoms with Gasteiger partial charge >= 0.3 is 5.97 Å². The van der Waals surface area contributed by atoms with Gasteiger partial charge in [-0.05, 0) is 30.9 Å². The average molecular weight is 375 g/mol. The fourth-order valence-corrected chi connectivity index (χ4v) is 4.85. The van der Waals surface area contributed by atoms with Gasteiger partial charge in [0.2, 0.25) is 0 Å². The molecule has 5 atom stereocenters. The van der Waals surface area contributed by atoms with Gasteiger partial charge in [-0.25, -0.2) is 9.78 Å². The molecule has 4 rings (SSSR count). The maximum absolute atomic E-state index is 11.0. The Morgan fingerprint density at radius 2 is 2.12 bits per heavy atom. The Morgan fingerprint density at radius 1 is 1.31 bits per heavy atom. The minimum absolute atomic E-state index is 0.0368. The monoisotopic (exact) mass is 375 g/mol. The number of rotatable bonds is 5. The predicted octanol–water partition coefficient (Wildman–Crippen LogP) is 3.14. The Labute approximate surface area is 155 Å². The number of carbonyl (C=O) groups is 1. The normalized spacial score (nSPS) is 30.7. The molecule has 2 aromatic rings. The van der Waals surface area contributed by atoms with E-state index in [1.807, 2.05) is 30.3 Å². The standard InChI is InChI=1S/C19H21NO5S/c21-15-8-17-12(13(15)9-24-11-4-2-1-3-5-11)6-7-16(25-17)18-20-14(10-26-18)19(22)23/h1-5,10,12-13,15-17,21H,6-9H2,(H,22,23). The zero-order valence-corrected chi connectivity index (χ0v) is 15.0. The van der Waals surface area contributed by atoms with E-state index in [4.69, 9.17) is 14.6 Å². The second-order valence-corrected chi connectivity index (χ2v) is 7.76. The van der Waals surface area contributed by atoms with Gasteiger partial charge in [-0.1, -0.05) is 18.2 Å². The molecule has 2 heterocycles. The van der Waals surface area contributed by atoms with Crippen LogP contribution in [0.25, 0.3) is 0 Å². The van der Waals surface area contributed by atoms with Crippen LogP contribution < -0.4 is 4.74 Å². The molecule has 2 aliphatic rings. The molecule has 1 aliphatic carbocycles. The lowest BCUT2D eigenvalue weighted by Crippen LogP contribution is -2.33. The van der Waals surface area contributed by atoms with Gasteiger partial charge in [0.15, 0.2) is 5.69 Å².